The molecule has 1 aromatic carbocycles. The number of nitrogens with zero attached hydrogens (tertiary/aromatic N) is 2. The van der Waals surface area contributed by atoms with Crippen LogP contribution in [0.5, 0.6) is 0 Å². The van der Waals surface area contributed by atoms with Crippen LogP contribution in [0.15, 0.2) is 48.8 Å². The summed E-state index contributed by atoms with van der Waals surface area (Å²) in [7, 11) is 0. The van der Waals surface area contributed by atoms with Crippen LogP contribution in [0.25, 0.3) is 0 Å². The molecule has 2 amide bonds. The quantitative estimate of drug-likeness (QED) is 0.784. The zero-order valence-corrected chi connectivity index (χ0v) is 15.7. The molecule has 1 N–H and O–H groups in total. The molecule has 0 aliphatic carbocycles. The van der Waals surface area contributed by atoms with E-state index in [1.165, 1.54) is 12.4 Å². The van der Waals surface area contributed by atoms with Gasteiger partial charge in [0.15, 0.2) is 0 Å². The van der Waals surface area contributed by atoms with Crippen molar-refractivity contribution in [2.24, 2.45) is 0 Å². The molecule has 0 saturated carbocycles. The Labute approximate surface area is 155 Å². The molecule has 1 unspecified atom stereocenters. The van der Waals surface area contributed by atoms with Crippen molar-refractivity contribution in [1.82, 2.24) is 15.2 Å². The molecule has 0 saturated heterocycles. The molecule has 0 aliphatic heterocycles. The van der Waals surface area contributed by atoms with Gasteiger partial charge < -0.3 is 10.2 Å². The van der Waals surface area contributed by atoms with Crippen LogP contribution in [0.2, 0.25) is 0 Å². The summed E-state index contributed by atoms with van der Waals surface area (Å²) >= 11 is 0. The number of aromatic nitrogens is 1. The predicted octanol–water partition coefficient (Wildman–Crippen LogP) is 3.83. The van der Waals surface area contributed by atoms with Gasteiger partial charge in [0.1, 0.15) is 0 Å². The molecule has 5 nitrogen and oxygen atoms in total. The number of carbonyl (C=O) groups excluding carboxylic acids is 2. The van der Waals surface area contributed by atoms with E-state index in [1.807, 2.05) is 56.0 Å². The Hall–Kier alpha value is -2.69. The number of rotatable bonds is 8. The zero-order chi connectivity index (χ0) is 18.9. The van der Waals surface area contributed by atoms with E-state index in [0.29, 0.717) is 24.2 Å². The summed E-state index contributed by atoms with van der Waals surface area (Å²) in [6.45, 7) is 7.42. The lowest BCUT2D eigenvalue weighted by molar-refractivity contribution is 0.0755. The first-order valence-electron chi connectivity index (χ1n) is 9.17. The fourth-order valence-corrected chi connectivity index (χ4v) is 2.82. The Bertz CT molecular complexity index is 725. The Morgan fingerprint density at radius 1 is 1.04 bits per heavy atom. The maximum atomic E-state index is 12.7. The van der Waals surface area contributed by atoms with Crippen molar-refractivity contribution in [1.29, 1.82) is 0 Å². The van der Waals surface area contributed by atoms with Gasteiger partial charge in [-0.2, -0.15) is 0 Å². The molecule has 0 aliphatic rings. The van der Waals surface area contributed by atoms with E-state index in [4.69, 9.17) is 0 Å². The van der Waals surface area contributed by atoms with Gasteiger partial charge in [-0.05, 0) is 31.4 Å². The number of amides is 2. The molecule has 1 atom stereocenters. The first kappa shape index (κ1) is 19.6. The number of pyridine rings is 1. The molecular weight excluding hydrogens is 326 g/mol. The third-order valence-corrected chi connectivity index (χ3v) is 4.17. The molecule has 0 radical (unpaired) electrons. The van der Waals surface area contributed by atoms with Gasteiger partial charge in [0.05, 0.1) is 17.2 Å². The lowest BCUT2D eigenvalue weighted by atomic mass is 10.1. The highest BCUT2D eigenvalue weighted by molar-refractivity contribution is 5.99. The highest BCUT2D eigenvalue weighted by atomic mass is 16.2. The Morgan fingerprint density at radius 2 is 1.65 bits per heavy atom. The van der Waals surface area contributed by atoms with Crippen LogP contribution in [0, 0.1) is 0 Å². The van der Waals surface area contributed by atoms with Gasteiger partial charge in [-0.1, -0.05) is 44.2 Å². The minimum Gasteiger partial charge on any atom is -0.345 e. The number of carbonyl (C=O) groups is 2. The van der Waals surface area contributed by atoms with Gasteiger partial charge >= 0.3 is 0 Å². The average Bonchev–Trinajstić information content (AvgIpc) is 2.68. The molecule has 0 fully saturated rings. The Morgan fingerprint density at radius 3 is 2.27 bits per heavy atom. The van der Waals surface area contributed by atoms with E-state index in [9.17, 15) is 9.59 Å². The van der Waals surface area contributed by atoms with E-state index in [-0.39, 0.29) is 17.9 Å². The topological polar surface area (TPSA) is 62.3 Å². The van der Waals surface area contributed by atoms with Crippen molar-refractivity contribution >= 4 is 11.8 Å². The number of nitrogens with one attached hydrogen (secondary N) is 1. The standard InChI is InChI=1S/C21H27N3O2/c1-4-11-24(12-5-2)21(26)19-13-18(14-22-15-19)20(25)23-16(3)17-9-7-6-8-10-17/h6-10,13-16H,4-5,11-12H2,1-3H3,(H,23,25). The summed E-state index contributed by atoms with van der Waals surface area (Å²) in [5, 5.41) is 2.95. The molecule has 1 aromatic heterocycles. The van der Waals surface area contributed by atoms with Crippen molar-refractivity contribution in [3.63, 3.8) is 0 Å². The van der Waals surface area contributed by atoms with Crippen LogP contribution < -0.4 is 5.32 Å². The molecular formula is C21H27N3O2. The molecule has 2 aromatic rings. The fourth-order valence-electron chi connectivity index (χ4n) is 2.82. The highest BCUT2D eigenvalue weighted by Gasteiger charge is 2.17. The minimum atomic E-state index is -0.235. The van der Waals surface area contributed by atoms with E-state index in [2.05, 4.69) is 10.3 Å². The van der Waals surface area contributed by atoms with Gasteiger partial charge in [0.2, 0.25) is 0 Å². The molecule has 2 rings (SSSR count). The van der Waals surface area contributed by atoms with Gasteiger partial charge in [-0.25, -0.2) is 0 Å². The SMILES string of the molecule is CCCN(CCC)C(=O)c1cncc(C(=O)NC(C)c2ccccc2)c1. The number of benzene rings is 1. The lowest BCUT2D eigenvalue weighted by Gasteiger charge is -2.21. The normalized spacial score (nSPS) is 11.7. The molecule has 0 spiro atoms. The number of hydrogen-bond acceptors (Lipinski definition) is 3. The van der Waals surface area contributed by atoms with Crippen molar-refractivity contribution in [3.8, 4) is 0 Å². The summed E-state index contributed by atoms with van der Waals surface area (Å²) in [5.41, 5.74) is 1.87. The monoisotopic (exact) mass is 353 g/mol. The van der Waals surface area contributed by atoms with Crippen molar-refractivity contribution in [2.75, 3.05) is 13.1 Å². The van der Waals surface area contributed by atoms with Crippen LogP contribution >= 0.6 is 0 Å². The fraction of sp³-hybridized carbons (Fsp3) is 0.381. The predicted molar refractivity (Wildman–Crippen MR) is 103 cm³/mol. The molecule has 138 valence electrons. The second-order valence-electron chi connectivity index (χ2n) is 6.36. The van der Waals surface area contributed by atoms with Crippen molar-refractivity contribution in [2.45, 2.75) is 39.7 Å². The summed E-state index contributed by atoms with van der Waals surface area (Å²) in [5.74, 6) is -0.312. The maximum Gasteiger partial charge on any atom is 0.255 e. The van der Waals surface area contributed by atoms with E-state index in [1.54, 1.807) is 6.07 Å². The third kappa shape index (κ3) is 5.15. The summed E-state index contributed by atoms with van der Waals surface area (Å²) in [6.07, 6.45) is 4.81. The lowest BCUT2D eigenvalue weighted by Crippen LogP contribution is -2.33. The van der Waals surface area contributed by atoms with E-state index in [0.717, 1.165) is 18.4 Å². The van der Waals surface area contributed by atoms with E-state index < -0.39 is 0 Å². The molecule has 5 heteroatoms. The first-order valence-corrected chi connectivity index (χ1v) is 9.17. The maximum absolute atomic E-state index is 12.7. The van der Waals surface area contributed by atoms with Gasteiger partial charge in [-0.3, -0.25) is 14.6 Å². The zero-order valence-electron chi connectivity index (χ0n) is 15.7. The highest BCUT2D eigenvalue weighted by Crippen LogP contribution is 2.13. The van der Waals surface area contributed by atoms with Crippen LogP contribution in [0.1, 0.15) is 65.9 Å². The second-order valence-corrected chi connectivity index (χ2v) is 6.36. The van der Waals surface area contributed by atoms with Crippen LogP contribution in [-0.2, 0) is 0 Å². The van der Waals surface area contributed by atoms with Crippen LogP contribution in [0.3, 0.4) is 0 Å². The summed E-state index contributed by atoms with van der Waals surface area (Å²) in [6, 6.07) is 11.3. The smallest absolute Gasteiger partial charge is 0.255 e. The molecule has 26 heavy (non-hydrogen) atoms. The second kappa shape index (κ2) is 9.70. The summed E-state index contributed by atoms with van der Waals surface area (Å²) < 4.78 is 0. The van der Waals surface area contributed by atoms with E-state index >= 15 is 0 Å². The minimum absolute atomic E-state index is 0.0769. The van der Waals surface area contributed by atoms with Crippen molar-refractivity contribution < 1.29 is 9.59 Å². The molecule has 1 heterocycles. The van der Waals surface area contributed by atoms with Crippen molar-refractivity contribution in [3.05, 3.63) is 65.5 Å². The Balaban J connectivity index is 2.12. The Kier molecular flexibility index (Phi) is 7.33. The number of hydrogen-bond donors (Lipinski definition) is 1. The third-order valence-electron chi connectivity index (χ3n) is 4.17. The van der Waals surface area contributed by atoms with Crippen LogP contribution in [-0.4, -0.2) is 34.8 Å². The van der Waals surface area contributed by atoms with Gasteiger partial charge in [0, 0.05) is 25.5 Å². The first-order chi connectivity index (χ1) is 12.6. The average molecular weight is 353 g/mol. The molecule has 0 bridgehead atoms. The largest absolute Gasteiger partial charge is 0.345 e. The van der Waals surface area contributed by atoms with Gasteiger partial charge in [-0.15, -0.1) is 0 Å². The van der Waals surface area contributed by atoms with Crippen LogP contribution in [0.4, 0.5) is 0 Å². The van der Waals surface area contributed by atoms with Gasteiger partial charge in [0.25, 0.3) is 11.8 Å². The summed E-state index contributed by atoms with van der Waals surface area (Å²) in [4.78, 5) is 31.2.